The number of nitrogens with zero attached hydrogens (tertiary/aromatic N) is 1. The maximum absolute atomic E-state index is 6.74. The summed E-state index contributed by atoms with van der Waals surface area (Å²) in [6.45, 7) is 0. The van der Waals surface area contributed by atoms with Crippen molar-refractivity contribution in [3.8, 4) is 33.4 Å². The molecule has 10 rings (SSSR count). The van der Waals surface area contributed by atoms with Crippen molar-refractivity contribution in [3.05, 3.63) is 205 Å². The number of aliphatic imine (C=N–C) groups is 1. The van der Waals surface area contributed by atoms with Crippen LogP contribution in [-0.4, -0.2) is 5.84 Å². The van der Waals surface area contributed by atoms with Gasteiger partial charge < -0.3 is 9.73 Å². The molecule has 8 aromatic carbocycles. The molecule has 4 heteroatoms. The number of nitrogens with one attached hydrogen (secondary N) is 2. The number of benzene rings is 8. The Bertz CT molecular complexity index is 2790. The molecule has 0 fully saturated rings. The zero-order valence-electron chi connectivity index (χ0n) is 28.9. The molecular formula is C49H35N3O. The molecule has 53 heavy (non-hydrogen) atoms. The van der Waals surface area contributed by atoms with Crippen molar-refractivity contribution < 1.29 is 4.42 Å². The van der Waals surface area contributed by atoms with Crippen LogP contribution in [0.25, 0.3) is 66.1 Å². The fraction of sp³-hybridized carbons (Fsp3) is 0.0408. The van der Waals surface area contributed by atoms with Gasteiger partial charge in [0.1, 0.15) is 29.3 Å². The largest absolute Gasteiger partial charge is 0.455 e. The highest BCUT2D eigenvalue weighted by Crippen LogP contribution is 2.42. The van der Waals surface area contributed by atoms with Crippen molar-refractivity contribution in [2.45, 2.75) is 12.3 Å². The predicted octanol–water partition coefficient (Wildman–Crippen LogP) is 12.1. The summed E-state index contributed by atoms with van der Waals surface area (Å²) in [6, 6.07) is 66.3. The highest BCUT2D eigenvalue weighted by molar-refractivity contribution is 6.12. The molecule has 2 atom stereocenters. The van der Waals surface area contributed by atoms with Gasteiger partial charge in [-0.15, -0.1) is 0 Å². The second-order valence-corrected chi connectivity index (χ2v) is 13.6. The first kappa shape index (κ1) is 31.0. The Hall–Kier alpha value is -6.75. The van der Waals surface area contributed by atoms with E-state index in [1.165, 1.54) is 33.0 Å². The lowest BCUT2D eigenvalue weighted by atomic mass is 9.92. The van der Waals surface area contributed by atoms with Gasteiger partial charge in [-0.25, -0.2) is 4.99 Å². The maximum Gasteiger partial charge on any atom is 0.143 e. The molecule has 0 radical (unpaired) electrons. The Morgan fingerprint density at radius 3 is 1.89 bits per heavy atom. The number of para-hydroxylation sites is 1. The van der Waals surface area contributed by atoms with Crippen molar-refractivity contribution in [2.75, 3.05) is 0 Å². The Morgan fingerprint density at radius 1 is 0.472 bits per heavy atom. The molecule has 9 aromatic rings. The highest BCUT2D eigenvalue weighted by Gasteiger charge is 2.29. The third kappa shape index (κ3) is 5.66. The van der Waals surface area contributed by atoms with E-state index in [0.29, 0.717) is 0 Å². The van der Waals surface area contributed by atoms with Crippen molar-refractivity contribution in [2.24, 2.45) is 4.99 Å². The smallest absolute Gasteiger partial charge is 0.143 e. The van der Waals surface area contributed by atoms with Gasteiger partial charge in [-0.3, -0.25) is 5.32 Å². The molecule has 0 saturated carbocycles. The van der Waals surface area contributed by atoms with Gasteiger partial charge in [0.2, 0.25) is 0 Å². The quantitative estimate of drug-likeness (QED) is 0.184. The molecular weight excluding hydrogens is 647 g/mol. The van der Waals surface area contributed by atoms with Crippen LogP contribution in [0.3, 0.4) is 0 Å². The monoisotopic (exact) mass is 681 g/mol. The molecule has 0 aliphatic carbocycles. The normalized spacial score (nSPS) is 15.7. The molecule has 1 aromatic heterocycles. The van der Waals surface area contributed by atoms with E-state index in [0.717, 1.165) is 55.6 Å². The predicted molar refractivity (Wildman–Crippen MR) is 219 cm³/mol. The summed E-state index contributed by atoms with van der Waals surface area (Å²) in [5, 5.41) is 12.3. The van der Waals surface area contributed by atoms with E-state index in [4.69, 9.17) is 9.41 Å². The van der Waals surface area contributed by atoms with Gasteiger partial charge in [-0.1, -0.05) is 170 Å². The lowest BCUT2D eigenvalue weighted by Gasteiger charge is -2.33. The lowest BCUT2D eigenvalue weighted by molar-refractivity contribution is 0.411. The zero-order chi connectivity index (χ0) is 35.1. The van der Waals surface area contributed by atoms with E-state index < -0.39 is 0 Å². The van der Waals surface area contributed by atoms with E-state index in [1.54, 1.807) is 0 Å². The molecule has 1 aliphatic rings. The van der Waals surface area contributed by atoms with Crippen molar-refractivity contribution in [1.29, 1.82) is 0 Å². The molecule has 2 unspecified atom stereocenters. The Labute approximate surface area is 308 Å². The first-order chi connectivity index (χ1) is 26.3. The fourth-order valence-electron chi connectivity index (χ4n) is 7.77. The average molecular weight is 682 g/mol. The van der Waals surface area contributed by atoms with Crippen molar-refractivity contribution in [3.63, 3.8) is 0 Å². The summed E-state index contributed by atoms with van der Waals surface area (Å²) in [7, 11) is 0. The van der Waals surface area contributed by atoms with Crippen LogP contribution in [-0.2, 0) is 0 Å². The number of hydrogen-bond acceptors (Lipinski definition) is 4. The molecule has 0 amide bonds. The summed E-state index contributed by atoms with van der Waals surface area (Å²) in [6.07, 6.45) is -0.590. The van der Waals surface area contributed by atoms with Gasteiger partial charge in [-0.05, 0) is 62.4 Å². The zero-order valence-corrected chi connectivity index (χ0v) is 28.9. The molecule has 4 nitrogen and oxygen atoms in total. The van der Waals surface area contributed by atoms with Gasteiger partial charge in [0.15, 0.2) is 0 Å². The number of fused-ring (bicyclic) bond motifs is 4. The molecule has 1 aliphatic heterocycles. The molecule has 0 saturated heterocycles. The number of rotatable bonds is 6. The number of furan rings is 1. The third-order valence-corrected chi connectivity index (χ3v) is 10.4. The van der Waals surface area contributed by atoms with Gasteiger partial charge in [0.25, 0.3) is 0 Å². The summed E-state index contributed by atoms with van der Waals surface area (Å²) in [5.41, 5.74) is 11.9. The summed E-state index contributed by atoms with van der Waals surface area (Å²) in [5.74, 6) is 0.840. The second-order valence-electron chi connectivity index (χ2n) is 13.6. The number of amidine groups is 1. The molecule has 0 bridgehead atoms. The maximum atomic E-state index is 6.74. The number of hydrogen-bond donors (Lipinski definition) is 2. The Kier molecular flexibility index (Phi) is 7.67. The minimum atomic E-state index is -0.322. The van der Waals surface area contributed by atoms with E-state index in [2.05, 4.69) is 187 Å². The Morgan fingerprint density at radius 2 is 1.11 bits per heavy atom. The van der Waals surface area contributed by atoms with Crippen LogP contribution < -0.4 is 10.6 Å². The summed E-state index contributed by atoms with van der Waals surface area (Å²) >= 11 is 0. The Balaban J connectivity index is 1.13. The highest BCUT2D eigenvalue weighted by atomic mass is 16.3. The summed E-state index contributed by atoms with van der Waals surface area (Å²) in [4.78, 5) is 5.33. The van der Waals surface area contributed by atoms with Gasteiger partial charge in [-0.2, -0.15) is 0 Å². The lowest BCUT2D eigenvalue weighted by Crippen LogP contribution is -2.45. The molecule has 252 valence electrons. The van der Waals surface area contributed by atoms with Gasteiger partial charge >= 0.3 is 0 Å². The van der Waals surface area contributed by atoms with Crippen LogP contribution in [0.2, 0.25) is 0 Å². The SMILES string of the molecule is c1ccc(C2=NC(c3ccc(-c4ccccc4)c(-c4ccccc4)c3)NC(c3ccc(-c4ccc5ccccc5c4)c4oc5ccccc5c34)N2)cc1. The average Bonchev–Trinajstić information content (AvgIpc) is 3.64. The van der Waals surface area contributed by atoms with Crippen molar-refractivity contribution >= 4 is 38.5 Å². The first-order valence-electron chi connectivity index (χ1n) is 18.1. The van der Waals surface area contributed by atoms with E-state index in [9.17, 15) is 0 Å². The van der Waals surface area contributed by atoms with Gasteiger partial charge in [0.05, 0.1) is 0 Å². The molecule has 2 heterocycles. The van der Waals surface area contributed by atoms with Crippen LogP contribution in [0, 0.1) is 0 Å². The summed E-state index contributed by atoms with van der Waals surface area (Å²) < 4.78 is 6.74. The standard InChI is InChI=1S/C49H35N3O/c1-4-15-33(16-5-1)39-27-26-38(31-43(39)34-17-6-2-7-18-34)48-50-47(35-19-8-3-9-20-35)51-49(52-48)42-29-28-40(37-25-24-32-14-10-11-21-36(32)30-37)46-45(42)41-22-12-13-23-44(41)53-46/h1-31,48-49,52H,(H,50,51). The molecule has 2 N–H and O–H groups in total. The van der Waals surface area contributed by atoms with Crippen LogP contribution in [0.1, 0.15) is 29.0 Å². The van der Waals surface area contributed by atoms with E-state index in [-0.39, 0.29) is 12.3 Å². The van der Waals surface area contributed by atoms with Crippen molar-refractivity contribution in [1.82, 2.24) is 10.6 Å². The van der Waals surface area contributed by atoms with E-state index >= 15 is 0 Å². The van der Waals surface area contributed by atoms with Gasteiger partial charge in [0, 0.05) is 27.5 Å². The van der Waals surface area contributed by atoms with E-state index in [1.807, 2.05) is 12.1 Å². The molecule has 0 spiro atoms. The minimum absolute atomic E-state index is 0.268. The third-order valence-electron chi connectivity index (χ3n) is 10.4. The first-order valence-corrected chi connectivity index (χ1v) is 18.1. The fourth-order valence-corrected chi connectivity index (χ4v) is 7.77. The van der Waals surface area contributed by atoms with Crippen LogP contribution in [0.4, 0.5) is 0 Å². The second kappa shape index (κ2) is 13.1. The minimum Gasteiger partial charge on any atom is -0.455 e. The van der Waals surface area contributed by atoms with Crippen LogP contribution >= 0.6 is 0 Å². The topological polar surface area (TPSA) is 49.6 Å². The van der Waals surface area contributed by atoms with Crippen LogP contribution in [0.15, 0.2) is 197 Å². The van der Waals surface area contributed by atoms with Crippen LogP contribution in [0.5, 0.6) is 0 Å².